The first-order valence-electron chi connectivity index (χ1n) is 5.36. The van der Waals surface area contributed by atoms with Crippen molar-refractivity contribution in [2.75, 3.05) is 0 Å². The largest absolute Gasteiger partial charge is 2.00 e. The fraction of sp³-hybridized carbons (Fsp3) is 0.833. The summed E-state index contributed by atoms with van der Waals surface area (Å²) in [7, 11) is 0. The van der Waals surface area contributed by atoms with E-state index in [9.17, 15) is 0 Å². The Hall–Kier alpha value is 1.16. The van der Waals surface area contributed by atoms with Crippen molar-refractivity contribution >= 4 is 15.2 Å². The fourth-order valence-corrected chi connectivity index (χ4v) is 2.29. The molecule has 0 heterocycles. The number of rotatable bonds is 4. The Bertz CT molecular complexity index is 60.6. The van der Waals surface area contributed by atoms with Crippen LogP contribution < -0.4 is 0 Å². The molecule has 0 aromatic heterocycles. The summed E-state index contributed by atoms with van der Waals surface area (Å²) in [5, 5.41) is 2.97. The van der Waals surface area contributed by atoms with Gasteiger partial charge in [-0.2, -0.15) is 13.8 Å². The molecular weight excluding hydrogens is 237 g/mol. The molecule has 0 aliphatic rings. The van der Waals surface area contributed by atoms with Gasteiger partial charge in [-0.05, 0) is 0 Å². The van der Waals surface area contributed by atoms with Crippen molar-refractivity contribution in [1.29, 1.82) is 0 Å². The van der Waals surface area contributed by atoms with Gasteiger partial charge in [0, 0.05) is 0 Å². The van der Waals surface area contributed by atoms with Gasteiger partial charge >= 0.3 is 84.8 Å². The van der Waals surface area contributed by atoms with E-state index in [-0.39, 0.29) is 20.9 Å². The minimum absolute atomic E-state index is 0. The van der Waals surface area contributed by atoms with Crippen molar-refractivity contribution in [3.05, 3.63) is 13.8 Å². The fourth-order valence-electron chi connectivity index (χ4n) is 0.763. The normalized spacial score (nSPS) is 7.57. The molecule has 0 aliphatic carbocycles. The van der Waals surface area contributed by atoms with Crippen LogP contribution in [0.25, 0.3) is 0 Å². The maximum Gasteiger partial charge on any atom is 2.00 e. The molecule has 0 bridgehead atoms. The molecule has 0 N–H and O–H groups in total. The minimum Gasteiger partial charge on any atom is -1.00 e. The van der Waals surface area contributed by atoms with Crippen molar-refractivity contribution < 1.29 is 20.9 Å². The van der Waals surface area contributed by atoms with Gasteiger partial charge in [0.05, 0.1) is 0 Å². The van der Waals surface area contributed by atoms with E-state index in [1.807, 2.05) is 0 Å². The minimum atomic E-state index is 0. The number of hydrogen-bond donors (Lipinski definition) is 0. The average Bonchev–Trinajstić information content (AvgIpc) is 2.10. The summed E-state index contributed by atoms with van der Waals surface area (Å²) in [5.41, 5.74) is 0. The smallest absolute Gasteiger partial charge is 1.00 e. The van der Waals surface area contributed by atoms with E-state index in [1.54, 1.807) is 13.8 Å². The number of hydrogen-bond acceptors (Lipinski definition) is 0. The molecule has 0 nitrogen and oxygen atoms in total. The Labute approximate surface area is 114 Å². The summed E-state index contributed by atoms with van der Waals surface area (Å²) in [5.74, 6) is 1.86. The van der Waals surface area contributed by atoms with Gasteiger partial charge in [-0.15, -0.1) is 0 Å². The van der Waals surface area contributed by atoms with Gasteiger partial charge in [0.1, 0.15) is 0 Å². The predicted octanol–water partition coefficient (Wildman–Crippen LogP) is 4.63. The molecule has 0 atom stereocenters. The van der Waals surface area contributed by atoms with E-state index < -0.39 is 0 Å². The monoisotopic (exact) mass is 264 g/mol. The zero-order chi connectivity index (χ0) is 11.3. The molecule has 2 heteroatoms. The van der Waals surface area contributed by atoms with E-state index in [0.29, 0.717) is 0 Å². The molecule has 0 saturated heterocycles. The molecule has 0 spiro atoms. The van der Waals surface area contributed by atoms with Crippen LogP contribution in [0.15, 0.2) is 0 Å². The van der Waals surface area contributed by atoms with Crippen LogP contribution in [-0.2, 0) is 19.5 Å². The zero-order valence-electron chi connectivity index (χ0n) is 12.3. The van der Waals surface area contributed by atoms with Crippen molar-refractivity contribution in [3.63, 3.8) is 0 Å². The van der Waals surface area contributed by atoms with Crippen LogP contribution in [0, 0.1) is 25.7 Å². The topological polar surface area (TPSA) is 0 Å². The van der Waals surface area contributed by atoms with Crippen LogP contribution in [0.4, 0.5) is 0 Å². The van der Waals surface area contributed by atoms with Crippen LogP contribution in [0.5, 0.6) is 0 Å². The third-order valence-electron chi connectivity index (χ3n) is 1.28. The molecule has 0 aliphatic heterocycles. The van der Waals surface area contributed by atoms with Crippen LogP contribution >= 0.6 is 0 Å². The molecule has 82 valence electrons. The van der Waals surface area contributed by atoms with Crippen LogP contribution in [-0.4, -0.2) is 15.2 Å². The second kappa shape index (κ2) is 23.8. The van der Waals surface area contributed by atoms with Crippen LogP contribution in [0.3, 0.4) is 0 Å². The Morgan fingerprint density at radius 3 is 1.21 bits per heavy atom. The average molecular weight is 266 g/mol. The van der Waals surface area contributed by atoms with Crippen molar-refractivity contribution in [2.24, 2.45) is 11.8 Å². The van der Waals surface area contributed by atoms with E-state index in [2.05, 4.69) is 41.5 Å². The summed E-state index contributed by atoms with van der Waals surface area (Å²) >= 11 is 0.755. The van der Waals surface area contributed by atoms with Crippen LogP contribution in [0.2, 0.25) is 10.6 Å². The first-order valence-corrected chi connectivity index (χ1v) is 6.99. The van der Waals surface area contributed by atoms with Crippen LogP contribution in [0.1, 0.15) is 43.0 Å². The van der Waals surface area contributed by atoms with Gasteiger partial charge in [0.25, 0.3) is 0 Å². The van der Waals surface area contributed by atoms with Gasteiger partial charge < -0.3 is 15.3 Å². The Balaban J connectivity index is -0.0000000496. The molecule has 0 amide bonds. The van der Waals surface area contributed by atoms with E-state index in [0.717, 1.165) is 27.1 Å². The Morgan fingerprint density at radius 2 is 1.07 bits per heavy atom. The summed E-state index contributed by atoms with van der Waals surface area (Å²) in [6, 6.07) is 0. The Morgan fingerprint density at radius 1 is 0.857 bits per heavy atom. The van der Waals surface area contributed by atoms with Gasteiger partial charge in [0.15, 0.2) is 0 Å². The second-order valence-corrected chi connectivity index (χ2v) is 5.07. The first-order chi connectivity index (χ1) is 6.13. The standard InChI is InChI=1S/2C4H9.2C2H5.Al.Zn.H/c2*1-4(2)3;2*1-2;;;/h2*4H,1H2,2-3H3;2*1H2,2H3;;;/q;;2*-1;+1;+2;-1. The summed E-state index contributed by atoms with van der Waals surface area (Å²) < 4.78 is 0. The maximum atomic E-state index is 3.25. The summed E-state index contributed by atoms with van der Waals surface area (Å²) in [6.45, 7) is 19.3. The third-order valence-corrected chi connectivity index (χ3v) is 3.83. The maximum absolute atomic E-state index is 3.25. The molecule has 0 rings (SSSR count). The van der Waals surface area contributed by atoms with Crippen molar-refractivity contribution in [1.82, 2.24) is 0 Å². The van der Waals surface area contributed by atoms with Gasteiger partial charge in [-0.1, -0.05) is 0 Å². The molecular formula is C12H29AlZn. The Kier molecular flexibility index (Phi) is 41.4. The molecule has 0 aromatic rings. The zero-order valence-corrected chi connectivity index (χ0v) is 15.4. The molecule has 14 heavy (non-hydrogen) atoms. The molecule has 0 unspecified atom stereocenters. The molecule has 0 aromatic carbocycles. The van der Waals surface area contributed by atoms with E-state index in [4.69, 9.17) is 0 Å². The quantitative estimate of drug-likeness (QED) is 0.514. The summed E-state index contributed by atoms with van der Waals surface area (Å²) in [6.07, 6.45) is 0. The van der Waals surface area contributed by atoms with E-state index >= 15 is 0 Å². The third kappa shape index (κ3) is 38.0. The van der Waals surface area contributed by atoms with Gasteiger partial charge in [-0.25, -0.2) is 0 Å². The van der Waals surface area contributed by atoms with Gasteiger partial charge in [0.2, 0.25) is 0 Å². The first kappa shape index (κ1) is 24.4. The second-order valence-electron chi connectivity index (χ2n) is 3.55. The van der Waals surface area contributed by atoms with Crippen molar-refractivity contribution in [3.8, 4) is 0 Å². The predicted molar refractivity (Wildman–Crippen MR) is 68.2 cm³/mol. The summed E-state index contributed by atoms with van der Waals surface area (Å²) in [4.78, 5) is 0. The van der Waals surface area contributed by atoms with E-state index in [1.165, 1.54) is 10.6 Å². The molecule has 0 saturated carbocycles. The molecule has 0 fully saturated rings. The molecule has 0 radical (unpaired) electrons. The van der Waals surface area contributed by atoms with Gasteiger partial charge in [-0.3, -0.25) is 0 Å². The SMILES string of the molecule is CC(C)[CH2][Al+][CH2]C(C)C.[CH2-]C.[CH2-]C.[H-].[Zn+2]. The van der Waals surface area contributed by atoms with Crippen molar-refractivity contribution in [2.45, 2.75) is 52.1 Å².